The zero-order valence-corrected chi connectivity index (χ0v) is 13.2. The molecule has 0 aromatic heterocycles. The molecule has 0 spiro atoms. The summed E-state index contributed by atoms with van der Waals surface area (Å²) in [7, 11) is 0. The monoisotopic (exact) mass is 307 g/mol. The molecule has 2 aromatic rings. The van der Waals surface area contributed by atoms with Crippen molar-refractivity contribution in [3.63, 3.8) is 0 Å². The maximum absolute atomic E-state index is 6.19. The first kappa shape index (κ1) is 15.2. The van der Waals surface area contributed by atoms with Crippen LogP contribution in [0.15, 0.2) is 48.5 Å². The Hall–Kier alpha value is -1.18. The third-order valence-corrected chi connectivity index (χ3v) is 4.12. The summed E-state index contributed by atoms with van der Waals surface area (Å²) in [5, 5.41) is 4.72. The maximum atomic E-state index is 6.19. The second kappa shape index (κ2) is 7.01. The molecule has 2 rings (SSSR count). The molecule has 0 bridgehead atoms. The fraction of sp³-hybridized carbons (Fsp3) is 0.294. The lowest BCUT2D eigenvalue weighted by molar-refractivity contribution is 0.517. The van der Waals surface area contributed by atoms with E-state index < -0.39 is 0 Å². The van der Waals surface area contributed by atoms with Gasteiger partial charge in [-0.15, -0.1) is 0 Å². The molecule has 0 fully saturated rings. The van der Waals surface area contributed by atoms with Gasteiger partial charge in [0.2, 0.25) is 0 Å². The standard InChI is InChI=1S/C17H19Cl2N/c1-12(2)14(13-7-4-3-5-8-13)11-20-17-15(18)9-6-10-16(17)19/h3-10,12,14,20H,11H2,1-2H3. The van der Waals surface area contributed by atoms with Crippen LogP contribution in [0.4, 0.5) is 5.69 Å². The number of para-hydroxylation sites is 1. The summed E-state index contributed by atoms with van der Waals surface area (Å²) < 4.78 is 0. The van der Waals surface area contributed by atoms with E-state index in [2.05, 4.69) is 43.4 Å². The van der Waals surface area contributed by atoms with Gasteiger partial charge < -0.3 is 5.32 Å². The summed E-state index contributed by atoms with van der Waals surface area (Å²) in [4.78, 5) is 0. The fourth-order valence-electron chi connectivity index (χ4n) is 2.32. The zero-order chi connectivity index (χ0) is 14.5. The molecule has 0 saturated carbocycles. The first-order valence-corrected chi connectivity index (χ1v) is 7.58. The Morgan fingerprint density at radius 2 is 1.50 bits per heavy atom. The van der Waals surface area contributed by atoms with Crippen LogP contribution in [0.3, 0.4) is 0 Å². The molecule has 1 nitrogen and oxygen atoms in total. The van der Waals surface area contributed by atoms with Gasteiger partial charge in [-0.2, -0.15) is 0 Å². The quantitative estimate of drug-likeness (QED) is 0.731. The van der Waals surface area contributed by atoms with Crippen LogP contribution in [0.1, 0.15) is 25.3 Å². The minimum atomic E-state index is 0.420. The molecule has 1 atom stereocenters. The lowest BCUT2D eigenvalue weighted by Crippen LogP contribution is -2.18. The molecule has 1 unspecified atom stereocenters. The van der Waals surface area contributed by atoms with Gasteiger partial charge >= 0.3 is 0 Å². The number of anilines is 1. The molecule has 20 heavy (non-hydrogen) atoms. The Morgan fingerprint density at radius 1 is 0.900 bits per heavy atom. The summed E-state index contributed by atoms with van der Waals surface area (Å²) in [5.41, 5.74) is 2.15. The highest BCUT2D eigenvalue weighted by Gasteiger charge is 2.16. The van der Waals surface area contributed by atoms with Crippen molar-refractivity contribution in [1.29, 1.82) is 0 Å². The molecule has 3 heteroatoms. The van der Waals surface area contributed by atoms with Crippen molar-refractivity contribution in [3.8, 4) is 0 Å². The minimum absolute atomic E-state index is 0.420. The molecule has 2 aromatic carbocycles. The highest BCUT2D eigenvalue weighted by molar-refractivity contribution is 6.39. The fourth-order valence-corrected chi connectivity index (χ4v) is 2.85. The minimum Gasteiger partial charge on any atom is -0.382 e. The van der Waals surface area contributed by atoms with Gasteiger partial charge in [0, 0.05) is 12.5 Å². The van der Waals surface area contributed by atoms with Gasteiger partial charge in [-0.1, -0.05) is 73.4 Å². The average Bonchev–Trinajstić information content (AvgIpc) is 2.43. The number of halogens is 2. The molecular weight excluding hydrogens is 289 g/mol. The van der Waals surface area contributed by atoms with E-state index in [9.17, 15) is 0 Å². The molecule has 106 valence electrons. The van der Waals surface area contributed by atoms with Crippen LogP contribution in [-0.2, 0) is 0 Å². The van der Waals surface area contributed by atoms with Gasteiger partial charge in [0.25, 0.3) is 0 Å². The average molecular weight is 308 g/mol. The first-order chi connectivity index (χ1) is 9.59. The zero-order valence-electron chi connectivity index (χ0n) is 11.7. The van der Waals surface area contributed by atoms with Gasteiger partial charge in [0.1, 0.15) is 0 Å². The normalized spacial score (nSPS) is 12.4. The highest BCUT2D eigenvalue weighted by Crippen LogP contribution is 2.32. The van der Waals surface area contributed by atoms with Crippen LogP contribution < -0.4 is 5.32 Å². The molecule has 0 aliphatic heterocycles. The molecule has 0 heterocycles. The van der Waals surface area contributed by atoms with Crippen LogP contribution in [0.2, 0.25) is 10.0 Å². The molecule has 0 aliphatic rings. The molecular formula is C17H19Cl2N. The predicted molar refractivity (Wildman–Crippen MR) is 89.0 cm³/mol. The Morgan fingerprint density at radius 3 is 2.05 bits per heavy atom. The second-order valence-corrected chi connectivity index (χ2v) is 6.05. The summed E-state index contributed by atoms with van der Waals surface area (Å²) in [6.07, 6.45) is 0. The first-order valence-electron chi connectivity index (χ1n) is 6.82. The summed E-state index contributed by atoms with van der Waals surface area (Å²) in [6.45, 7) is 5.27. The smallest absolute Gasteiger partial charge is 0.0719 e. The van der Waals surface area contributed by atoms with Gasteiger partial charge in [-0.25, -0.2) is 0 Å². The van der Waals surface area contributed by atoms with E-state index in [0.717, 1.165) is 12.2 Å². The van der Waals surface area contributed by atoms with Gasteiger partial charge in [0.15, 0.2) is 0 Å². The molecule has 0 aliphatic carbocycles. The van der Waals surface area contributed by atoms with Crippen LogP contribution in [0.25, 0.3) is 0 Å². The Bertz CT molecular complexity index is 532. The second-order valence-electron chi connectivity index (χ2n) is 5.24. The van der Waals surface area contributed by atoms with Crippen LogP contribution in [-0.4, -0.2) is 6.54 Å². The van der Waals surface area contributed by atoms with Crippen molar-refractivity contribution in [2.24, 2.45) is 5.92 Å². The number of benzene rings is 2. The van der Waals surface area contributed by atoms with E-state index in [1.165, 1.54) is 5.56 Å². The Balaban J connectivity index is 2.15. The van der Waals surface area contributed by atoms with Crippen molar-refractivity contribution >= 4 is 28.9 Å². The highest BCUT2D eigenvalue weighted by atomic mass is 35.5. The third kappa shape index (κ3) is 3.68. The van der Waals surface area contributed by atoms with E-state index in [0.29, 0.717) is 21.9 Å². The molecule has 0 amide bonds. The van der Waals surface area contributed by atoms with Crippen molar-refractivity contribution in [2.45, 2.75) is 19.8 Å². The number of hydrogen-bond acceptors (Lipinski definition) is 1. The predicted octanol–water partition coefficient (Wildman–Crippen LogP) is 5.85. The van der Waals surface area contributed by atoms with Crippen molar-refractivity contribution in [3.05, 3.63) is 64.1 Å². The Kier molecular flexibility index (Phi) is 5.33. The van der Waals surface area contributed by atoms with E-state index in [1.54, 1.807) is 0 Å². The number of rotatable bonds is 5. The van der Waals surface area contributed by atoms with Gasteiger partial charge in [-0.05, 0) is 23.6 Å². The maximum Gasteiger partial charge on any atom is 0.0719 e. The Labute approximate surface area is 130 Å². The number of hydrogen-bond donors (Lipinski definition) is 1. The van der Waals surface area contributed by atoms with Crippen LogP contribution >= 0.6 is 23.2 Å². The lowest BCUT2D eigenvalue weighted by Gasteiger charge is -2.23. The molecule has 1 N–H and O–H groups in total. The van der Waals surface area contributed by atoms with Crippen molar-refractivity contribution in [1.82, 2.24) is 0 Å². The summed E-state index contributed by atoms with van der Waals surface area (Å²) in [6, 6.07) is 16.1. The van der Waals surface area contributed by atoms with Crippen molar-refractivity contribution in [2.75, 3.05) is 11.9 Å². The molecule has 0 saturated heterocycles. The number of nitrogens with one attached hydrogen (secondary N) is 1. The van der Waals surface area contributed by atoms with Crippen LogP contribution in [0.5, 0.6) is 0 Å². The summed E-state index contributed by atoms with van der Waals surface area (Å²) >= 11 is 12.4. The summed E-state index contributed by atoms with van der Waals surface area (Å²) in [5.74, 6) is 0.953. The van der Waals surface area contributed by atoms with Gasteiger partial charge in [0.05, 0.1) is 15.7 Å². The van der Waals surface area contributed by atoms with E-state index in [-0.39, 0.29) is 0 Å². The molecule has 0 radical (unpaired) electrons. The third-order valence-electron chi connectivity index (χ3n) is 3.49. The SMILES string of the molecule is CC(C)C(CNc1c(Cl)cccc1Cl)c1ccccc1. The largest absolute Gasteiger partial charge is 0.382 e. The van der Waals surface area contributed by atoms with Gasteiger partial charge in [-0.3, -0.25) is 0 Å². The van der Waals surface area contributed by atoms with Crippen LogP contribution in [0, 0.1) is 5.92 Å². The van der Waals surface area contributed by atoms with E-state index >= 15 is 0 Å². The lowest BCUT2D eigenvalue weighted by atomic mass is 9.88. The topological polar surface area (TPSA) is 12.0 Å². The van der Waals surface area contributed by atoms with Crippen molar-refractivity contribution < 1.29 is 0 Å². The van der Waals surface area contributed by atoms with E-state index in [1.807, 2.05) is 24.3 Å². The van der Waals surface area contributed by atoms with E-state index in [4.69, 9.17) is 23.2 Å².